The lowest BCUT2D eigenvalue weighted by molar-refractivity contribution is -0.137. The highest BCUT2D eigenvalue weighted by atomic mass is 16.5. The van der Waals surface area contributed by atoms with Gasteiger partial charge >= 0.3 is 11.9 Å². The number of ether oxygens (including phenoxy) is 1. The number of hydrogen-bond donors (Lipinski definition) is 3. The van der Waals surface area contributed by atoms with Crippen LogP contribution >= 0.6 is 0 Å². The van der Waals surface area contributed by atoms with Crippen molar-refractivity contribution >= 4 is 11.9 Å². The van der Waals surface area contributed by atoms with Gasteiger partial charge in [0.25, 0.3) is 0 Å². The maximum atomic E-state index is 10.7. The molecule has 0 fully saturated rings. The Morgan fingerprint density at radius 3 is 2.50 bits per heavy atom. The fraction of sp³-hybridized carbons (Fsp3) is 0.200. The predicted octanol–water partition coefficient (Wildman–Crippen LogP) is 0.827. The van der Waals surface area contributed by atoms with Crippen LogP contribution in [0.4, 0.5) is 0 Å². The Labute approximate surface area is 90.8 Å². The summed E-state index contributed by atoms with van der Waals surface area (Å²) in [7, 11) is 0. The standard InChI is InChI=1S/C10H10O6/c1-5(9(12)13)16-8-4-6(10(14)15)2-3-7(8)11/h2-3,8,11H,1,4H2,(H,12,13)(H,14,15)/t8-/m1/s1. The largest absolute Gasteiger partial charge is 0.508 e. The fourth-order valence-electron chi connectivity index (χ4n) is 1.15. The second-order valence-electron chi connectivity index (χ2n) is 3.13. The van der Waals surface area contributed by atoms with Crippen LogP contribution in [0.3, 0.4) is 0 Å². The maximum absolute atomic E-state index is 10.7. The van der Waals surface area contributed by atoms with Gasteiger partial charge in [0.05, 0.1) is 0 Å². The van der Waals surface area contributed by atoms with Gasteiger partial charge in [0, 0.05) is 12.0 Å². The van der Waals surface area contributed by atoms with E-state index < -0.39 is 23.8 Å². The molecule has 0 radical (unpaired) electrons. The second-order valence-corrected chi connectivity index (χ2v) is 3.13. The third kappa shape index (κ3) is 2.63. The topological polar surface area (TPSA) is 104 Å². The minimum absolute atomic E-state index is 0.0287. The van der Waals surface area contributed by atoms with Crippen molar-refractivity contribution < 1.29 is 29.6 Å². The van der Waals surface area contributed by atoms with E-state index in [-0.39, 0.29) is 17.8 Å². The Bertz CT molecular complexity index is 402. The van der Waals surface area contributed by atoms with E-state index in [1.165, 1.54) is 6.08 Å². The van der Waals surface area contributed by atoms with Crippen molar-refractivity contribution in [1.82, 2.24) is 0 Å². The zero-order valence-corrected chi connectivity index (χ0v) is 8.21. The molecule has 0 heterocycles. The molecule has 1 atom stereocenters. The van der Waals surface area contributed by atoms with E-state index in [9.17, 15) is 14.7 Å². The van der Waals surface area contributed by atoms with E-state index in [2.05, 4.69) is 6.58 Å². The maximum Gasteiger partial charge on any atom is 0.370 e. The monoisotopic (exact) mass is 226 g/mol. The van der Waals surface area contributed by atoms with Crippen molar-refractivity contribution in [3.05, 3.63) is 35.8 Å². The van der Waals surface area contributed by atoms with Gasteiger partial charge in [-0.25, -0.2) is 9.59 Å². The van der Waals surface area contributed by atoms with Gasteiger partial charge in [0.2, 0.25) is 0 Å². The van der Waals surface area contributed by atoms with Gasteiger partial charge < -0.3 is 20.1 Å². The number of allylic oxidation sites excluding steroid dienone is 2. The molecule has 0 saturated carbocycles. The highest BCUT2D eigenvalue weighted by Crippen LogP contribution is 2.22. The van der Waals surface area contributed by atoms with Gasteiger partial charge in [-0.2, -0.15) is 0 Å². The SMILES string of the molecule is C=C(O[C@@H]1CC(C(=O)O)=CC=C1O)C(=O)O. The molecule has 1 rings (SSSR count). The third-order valence-electron chi connectivity index (χ3n) is 1.99. The first kappa shape index (κ1) is 11.8. The van der Waals surface area contributed by atoms with Crippen LogP contribution in [0.1, 0.15) is 6.42 Å². The summed E-state index contributed by atoms with van der Waals surface area (Å²) in [4.78, 5) is 21.1. The summed E-state index contributed by atoms with van der Waals surface area (Å²) in [5.41, 5.74) is 0.0287. The number of carboxylic acids is 2. The van der Waals surface area contributed by atoms with Gasteiger partial charge in [0.15, 0.2) is 11.9 Å². The fourth-order valence-corrected chi connectivity index (χ4v) is 1.15. The van der Waals surface area contributed by atoms with E-state index >= 15 is 0 Å². The summed E-state index contributed by atoms with van der Waals surface area (Å²) in [6.45, 7) is 3.13. The molecule has 6 nitrogen and oxygen atoms in total. The minimum Gasteiger partial charge on any atom is -0.508 e. The normalized spacial score (nSPS) is 19.4. The summed E-state index contributed by atoms with van der Waals surface area (Å²) in [5.74, 6) is -3.28. The number of rotatable bonds is 4. The molecule has 0 aliphatic heterocycles. The van der Waals surface area contributed by atoms with Crippen LogP contribution in [0.15, 0.2) is 35.8 Å². The molecule has 6 heteroatoms. The van der Waals surface area contributed by atoms with Crippen molar-refractivity contribution in [2.24, 2.45) is 0 Å². The molecule has 0 unspecified atom stereocenters. The Morgan fingerprint density at radius 1 is 1.38 bits per heavy atom. The van der Waals surface area contributed by atoms with Gasteiger partial charge in [0.1, 0.15) is 5.76 Å². The Balaban J connectivity index is 2.75. The van der Waals surface area contributed by atoms with Crippen molar-refractivity contribution in [3.8, 4) is 0 Å². The van der Waals surface area contributed by atoms with Gasteiger partial charge in [-0.1, -0.05) is 0 Å². The predicted molar refractivity (Wildman–Crippen MR) is 52.7 cm³/mol. The van der Waals surface area contributed by atoms with E-state index in [1.807, 2.05) is 0 Å². The van der Waals surface area contributed by atoms with E-state index in [0.29, 0.717) is 0 Å². The number of carbonyl (C=O) groups is 2. The number of aliphatic hydroxyl groups is 1. The van der Waals surface area contributed by atoms with Gasteiger partial charge in [-0.15, -0.1) is 0 Å². The molecule has 0 aromatic carbocycles. The Morgan fingerprint density at radius 2 is 2.00 bits per heavy atom. The first-order valence-electron chi connectivity index (χ1n) is 4.33. The van der Waals surface area contributed by atoms with Crippen LogP contribution in [-0.2, 0) is 14.3 Å². The third-order valence-corrected chi connectivity index (χ3v) is 1.99. The summed E-state index contributed by atoms with van der Waals surface area (Å²) in [6, 6.07) is 0. The van der Waals surface area contributed by atoms with Crippen LogP contribution in [0, 0.1) is 0 Å². The summed E-state index contributed by atoms with van der Waals surface area (Å²) in [6.07, 6.45) is 1.28. The molecule has 1 aliphatic rings. The van der Waals surface area contributed by atoms with Crippen LogP contribution in [0.25, 0.3) is 0 Å². The molecule has 0 bridgehead atoms. The zero-order valence-electron chi connectivity index (χ0n) is 8.21. The molecule has 0 spiro atoms. The van der Waals surface area contributed by atoms with E-state index in [0.717, 1.165) is 6.08 Å². The van der Waals surface area contributed by atoms with Crippen LogP contribution < -0.4 is 0 Å². The highest BCUT2D eigenvalue weighted by molar-refractivity contribution is 5.87. The average Bonchev–Trinajstić information content (AvgIpc) is 2.20. The molecule has 1 aliphatic carbocycles. The molecule has 0 saturated heterocycles. The number of hydrogen-bond acceptors (Lipinski definition) is 4. The number of carboxylic acid groups (broad SMARTS) is 2. The second kappa shape index (κ2) is 4.52. The van der Waals surface area contributed by atoms with E-state index in [1.54, 1.807) is 0 Å². The van der Waals surface area contributed by atoms with Crippen molar-refractivity contribution in [1.29, 1.82) is 0 Å². The Kier molecular flexibility index (Phi) is 3.34. The van der Waals surface area contributed by atoms with Gasteiger partial charge in [-0.05, 0) is 18.7 Å². The average molecular weight is 226 g/mol. The molecule has 86 valence electrons. The number of aliphatic carboxylic acids is 2. The minimum atomic E-state index is -1.36. The summed E-state index contributed by atoms with van der Waals surface area (Å²) < 4.78 is 4.83. The zero-order chi connectivity index (χ0) is 12.3. The summed E-state index contributed by atoms with van der Waals surface area (Å²) >= 11 is 0. The molecule has 0 aromatic rings. The highest BCUT2D eigenvalue weighted by Gasteiger charge is 2.25. The van der Waals surface area contributed by atoms with E-state index in [4.69, 9.17) is 14.9 Å². The quantitative estimate of drug-likeness (QED) is 0.484. The molecule has 0 amide bonds. The smallest absolute Gasteiger partial charge is 0.370 e. The van der Waals surface area contributed by atoms with Crippen LogP contribution in [0.2, 0.25) is 0 Å². The van der Waals surface area contributed by atoms with Gasteiger partial charge in [-0.3, -0.25) is 0 Å². The molecular weight excluding hydrogens is 216 g/mol. The number of aliphatic hydroxyl groups excluding tert-OH is 1. The first-order valence-corrected chi connectivity index (χ1v) is 4.33. The Hall–Kier alpha value is -2.24. The molecular formula is C10H10O6. The first-order chi connectivity index (χ1) is 7.41. The van der Waals surface area contributed by atoms with Crippen molar-refractivity contribution in [2.45, 2.75) is 12.5 Å². The van der Waals surface area contributed by atoms with Crippen LogP contribution in [0.5, 0.6) is 0 Å². The lowest BCUT2D eigenvalue weighted by atomic mass is 10.0. The summed E-state index contributed by atoms with van der Waals surface area (Å²) in [5, 5.41) is 26.6. The molecule has 0 aromatic heterocycles. The lowest BCUT2D eigenvalue weighted by Crippen LogP contribution is -2.23. The molecule has 3 N–H and O–H groups in total. The van der Waals surface area contributed by atoms with Crippen molar-refractivity contribution in [3.63, 3.8) is 0 Å². The molecule has 16 heavy (non-hydrogen) atoms. The van der Waals surface area contributed by atoms with Crippen LogP contribution in [-0.4, -0.2) is 33.4 Å². The lowest BCUT2D eigenvalue weighted by Gasteiger charge is -2.20. The van der Waals surface area contributed by atoms with Crippen molar-refractivity contribution in [2.75, 3.05) is 0 Å².